The highest BCUT2D eigenvalue weighted by molar-refractivity contribution is 6.00. The molecule has 0 saturated carbocycles. The maximum absolute atomic E-state index is 12.8. The second kappa shape index (κ2) is 7.40. The lowest BCUT2D eigenvalue weighted by Gasteiger charge is -2.37. The molecule has 1 aromatic rings. The summed E-state index contributed by atoms with van der Waals surface area (Å²) in [7, 11) is 3.57. The van der Waals surface area contributed by atoms with Crippen molar-refractivity contribution in [3.8, 4) is 0 Å². The van der Waals surface area contributed by atoms with Crippen LogP contribution in [0.2, 0.25) is 0 Å². The highest BCUT2D eigenvalue weighted by Gasteiger charge is 2.35. The molecule has 1 N–H and O–H groups in total. The monoisotopic (exact) mass is 303 g/mol. The van der Waals surface area contributed by atoms with Crippen LogP contribution in [0, 0.1) is 5.92 Å². The van der Waals surface area contributed by atoms with Crippen LogP contribution in [0.1, 0.15) is 19.8 Å². The summed E-state index contributed by atoms with van der Waals surface area (Å²) in [6, 6.07) is 9.30. The topological polar surface area (TPSA) is 52.7 Å². The summed E-state index contributed by atoms with van der Waals surface area (Å²) in [5.41, 5.74) is 0.904. The van der Waals surface area contributed by atoms with E-state index in [-0.39, 0.29) is 23.8 Å². The maximum Gasteiger partial charge on any atom is 0.249 e. The summed E-state index contributed by atoms with van der Waals surface area (Å²) in [5, 5.41) is 3.01. The molecule has 120 valence electrons. The summed E-state index contributed by atoms with van der Waals surface area (Å²) in [6.45, 7) is 3.22. The third kappa shape index (κ3) is 3.47. The van der Waals surface area contributed by atoms with Crippen molar-refractivity contribution in [3.63, 3.8) is 0 Å². The SMILES string of the molecule is CNCC(C)C(=O)N(C)C1CCCN(c2ccccc2)C1=O. The lowest BCUT2D eigenvalue weighted by Crippen LogP contribution is -2.54. The molecule has 0 aromatic heterocycles. The van der Waals surface area contributed by atoms with Crippen LogP contribution in [0.3, 0.4) is 0 Å². The Hall–Kier alpha value is -1.88. The standard InChI is InChI=1S/C17H25N3O2/c1-13(12-18-2)16(21)19(3)15-10-7-11-20(17(15)22)14-8-5-4-6-9-14/h4-6,8-9,13,15,18H,7,10-12H2,1-3H3. The molecule has 5 heteroatoms. The van der Waals surface area contributed by atoms with Crippen molar-refractivity contribution in [2.45, 2.75) is 25.8 Å². The third-order valence-corrected chi connectivity index (χ3v) is 4.23. The first kappa shape index (κ1) is 16.5. The minimum atomic E-state index is -0.360. The summed E-state index contributed by atoms with van der Waals surface area (Å²) >= 11 is 0. The summed E-state index contributed by atoms with van der Waals surface area (Å²) in [5.74, 6) is -0.0949. The average molecular weight is 303 g/mol. The van der Waals surface area contributed by atoms with Crippen molar-refractivity contribution in [1.29, 1.82) is 0 Å². The Morgan fingerprint density at radius 1 is 1.41 bits per heavy atom. The van der Waals surface area contributed by atoms with Crippen LogP contribution in [0.4, 0.5) is 5.69 Å². The number of nitrogens with one attached hydrogen (secondary N) is 1. The molecule has 1 heterocycles. The second-order valence-corrected chi connectivity index (χ2v) is 5.89. The molecular formula is C17H25N3O2. The first-order chi connectivity index (χ1) is 10.6. The van der Waals surface area contributed by atoms with Crippen molar-refractivity contribution in [1.82, 2.24) is 10.2 Å². The molecule has 1 aliphatic rings. The van der Waals surface area contributed by atoms with Gasteiger partial charge < -0.3 is 15.1 Å². The van der Waals surface area contributed by atoms with Crippen LogP contribution >= 0.6 is 0 Å². The van der Waals surface area contributed by atoms with Crippen LogP contribution in [0.5, 0.6) is 0 Å². The Morgan fingerprint density at radius 3 is 2.73 bits per heavy atom. The highest BCUT2D eigenvalue weighted by atomic mass is 16.2. The van der Waals surface area contributed by atoms with Crippen molar-refractivity contribution in [3.05, 3.63) is 30.3 Å². The van der Waals surface area contributed by atoms with Gasteiger partial charge >= 0.3 is 0 Å². The van der Waals surface area contributed by atoms with Crippen molar-refractivity contribution >= 4 is 17.5 Å². The minimum absolute atomic E-state index is 0.0163. The zero-order valence-corrected chi connectivity index (χ0v) is 13.6. The molecule has 2 amide bonds. The van der Waals surface area contributed by atoms with E-state index in [0.29, 0.717) is 13.1 Å². The number of amides is 2. The highest BCUT2D eigenvalue weighted by Crippen LogP contribution is 2.23. The molecule has 0 radical (unpaired) electrons. The van der Waals surface area contributed by atoms with Gasteiger partial charge in [-0.15, -0.1) is 0 Å². The van der Waals surface area contributed by atoms with Gasteiger partial charge in [0.15, 0.2) is 0 Å². The summed E-state index contributed by atoms with van der Waals surface area (Å²) in [6.07, 6.45) is 1.64. The Bertz CT molecular complexity index is 518. The minimum Gasteiger partial charge on any atom is -0.333 e. The first-order valence-electron chi connectivity index (χ1n) is 7.84. The van der Waals surface area contributed by atoms with Crippen LogP contribution in [-0.2, 0) is 9.59 Å². The molecule has 1 aliphatic heterocycles. The number of likely N-dealkylation sites (N-methyl/N-ethyl adjacent to an activating group) is 1. The van der Waals surface area contributed by atoms with Gasteiger partial charge in [-0.25, -0.2) is 0 Å². The number of nitrogens with zero attached hydrogens (tertiary/aromatic N) is 2. The van der Waals surface area contributed by atoms with E-state index in [0.717, 1.165) is 18.5 Å². The fourth-order valence-corrected chi connectivity index (χ4v) is 2.97. The molecule has 1 saturated heterocycles. The van der Waals surface area contributed by atoms with Crippen molar-refractivity contribution < 1.29 is 9.59 Å². The number of carbonyl (C=O) groups is 2. The molecule has 0 aliphatic carbocycles. The molecule has 5 nitrogen and oxygen atoms in total. The predicted octanol–water partition coefficient (Wildman–Crippen LogP) is 1.50. The molecule has 2 atom stereocenters. The number of para-hydroxylation sites is 1. The van der Waals surface area contributed by atoms with E-state index in [1.807, 2.05) is 44.3 Å². The molecular weight excluding hydrogens is 278 g/mol. The van der Waals surface area contributed by atoms with Gasteiger partial charge in [0.2, 0.25) is 11.8 Å². The number of hydrogen-bond acceptors (Lipinski definition) is 3. The number of piperidine rings is 1. The predicted molar refractivity (Wildman–Crippen MR) is 87.7 cm³/mol. The fraction of sp³-hybridized carbons (Fsp3) is 0.529. The molecule has 2 unspecified atom stereocenters. The maximum atomic E-state index is 12.8. The quantitative estimate of drug-likeness (QED) is 0.897. The van der Waals surface area contributed by atoms with Crippen LogP contribution in [-0.4, -0.2) is 49.9 Å². The van der Waals surface area contributed by atoms with E-state index >= 15 is 0 Å². The van der Waals surface area contributed by atoms with Gasteiger partial charge in [0.1, 0.15) is 6.04 Å². The van der Waals surface area contributed by atoms with Crippen molar-refractivity contribution in [2.75, 3.05) is 32.1 Å². The molecule has 1 aromatic carbocycles. The van der Waals surface area contributed by atoms with Gasteiger partial charge in [0.05, 0.1) is 0 Å². The molecule has 0 spiro atoms. The first-order valence-corrected chi connectivity index (χ1v) is 7.84. The van der Waals surface area contributed by atoms with E-state index in [1.54, 1.807) is 16.8 Å². The molecule has 2 rings (SSSR count). The Kier molecular flexibility index (Phi) is 5.55. The summed E-state index contributed by atoms with van der Waals surface area (Å²) in [4.78, 5) is 28.6. The number of benzene rings is 1. The van der Waals surface area contributed by atoms with E-state index in [9.17, 15) is 9.59 Å². The fourth-order valence-electron chi connectivity index (χ4n) is 2.97. The Balaban J connectivity index is 2.11. The van der Waals surface area contributed by atoms with E-state index in [2.05, 4.69) is 5.32 Å². The van der Waals surface area contributed by atoms with E-state index in [1.165, 1.54) is 0 Å². The zero-order valence-electron chi connectivity index (χ0n) is 13.6. The van der Waals surface area contributed by atoms with Gasteiger partial charge in [-0.3, -0.25) is 9.59 Å². The number of anilines is 1. The Labute approximate surface area is 132 Å². The van der Waals surface area contributed by atoms with Gasteiger partial charge in [-0.2, -0.15) is 0 Å². The average Bonchev–Trinajstić information content (AvgIpc) is 2.55. The van der Waals surface area contributed by atoms with Gasteiger partial charge in [0.25, 0.3) is 0 Å². The van der Waals surface area contributed by atoms with E-state index < -0.39 is 0 Å². The van der Waals surface area contributed by atoms with Gasteiger partial charge in [-0.05, 0) is 32.0 Å². The molecule has 0 bridgehead atoms. The van der Waals surface area contributed by atoms with Crippen LogP contribution in [0.15, 0.2) is 30.3 Å². The smallest absolute Gasteiger partial charge is 0.249 e. The normalized spacial score (nSPS) is 19.9. The van der Waals surface area contributed by atoms with Gasteiger partial charge in [0, 0.05) is 31.7 Å². The van der Waals surface area contributed by atoms with Crippen molar-refractivity contribution in [2.24, 2.45) is 5.92 Å². The third-order valence-electron chi connectivity index (χ3n) is 4.23. The molecule has 1 fully saturated rings. The number of hydrogen-bond donors (Lipinski definition) is 1. The van der Waals surface area contributed by atoms with Gasteiger partial charge in [-0.1, -0.05) is 25.1 Å². The lowest BCUT2D eigenvalue weighted by molar-refractivity contribution is -0.141. The van der Waals surface area contributed by atoms with Crippen LogP contribution in [0.25, 0.3) is 0 Å². The number of carbonyl (C=O) groups excluding carboxylic acids is 2. The zero-order chi connectivity index (χ0) is 16.1. The number of rotatable bonds is 5. The van der Waals surface area contributed by atoms with Crippen LogP contribution < -0.4 is 10.2 Å². The largest absolute Gasteiger partial charge is 0.333 e. The Morgan fingerprint density at radius 2 is 2.09 bits per heavy atom. The van der Waals surface area contributed by atoms with E-state index in [4.69, 9.17) is 0 Å². The summed E-state index contributed by atoms with van der Waals surface area (Å²) < 4.78 is 0. The second-order valence-electron chi connectivity index (χ2n) is 5.89. The molecule has 22 heavy (non-hydrogen) atoms. The lowest BCUT2D eigenvalue weighted by atomic mass is 10.0.